The highest BCUT2D eigenvalue weighted by Crippen LogP contribution is 2.45. The van der Waals surface area contributed by atoms with Crippen LogP contribution in [0.5, 0.6) is 0 Å². The highest BCUT2D eigenvalue weighted by Gasteiger charge is 2.22. The smallest absolute Gasteiger partial charge is 0.243 e. The van der Waals surface area contributed by atoms with Crippen molar-refractivity contribution in [3.63, 3.8) is 0 Å². The maximum Gasteiger partial charge on any atom is 0.243 e. The fraction of sp³-hybridized carbons (Fsp3) is 0.462. The standard InChI is InChI=1S/C13H18N2OS2/c1-13(2,14)12(16)15-10-5-3-4-9(8-10)11-17-6-7-18-11/h3-5,8,11H,6-7,14H2,1-2H3,(H,15,16). The number of thioether (sulfide) groups is 2. The van der Waals surface area contributed by atoms with Gasteiger partial charge < -0.3 is 11.1 Å². The predicted octanol–water partition coefficient (Wildman–Crippen LogP) is 2.84. The first-order valence-corrected chi connectivity index (χ1v) is 8.00. The normalized spacial score (nSPS) is 16.8. The van der Waals surface area contributed by atoms with Crippen molar-refractivity contribution < 1.29 is 4.79 Å². The number of carbonyl (C=O) groups is 1. The molecule has 1 aliphatic heterocycles. The number of nitrogens with one attached hydrogen (secondary N) is 1. The Labute approximate surface area is 116 Å². The first-order chi connectivity index (χ1) is 8.47. The summed E-state index contributed by atoms with van der Waals surface area (Å²) in [5.41, 5.74) is 7.00. The van der Waals surface area contributed by atoms with Gasteiger partial charge in [-0.25, -0.2) is 0 Å². The molecule has 1 heterocycles. The fourth-order valence-electron chi connectivity index (χ4n) is 1.61. The average Bonchev–Trinajstić information content (AvgIpc) is 2.81. The minimum atomic E-state index is -0.854. The molecule has 1 amide bonds. The summed E-state index contributed by atoms with van der Waals surface area (Å²) < 4.78 is 0.493. The molecule has 0 aromatic heterocycles. The van der Waals surface area contributed by atoms with Crippen LogP contribution >= 0.6 is 23.5 Å². The largest absolute Gasteiger partial charge is 0.325 e. The molecular weight excluding hydrogens is 264 g/mol. The van der Waals surface area contributed by atoms with E-state index < -0.39 is 5.54 Å². The third kappa shape index (κ3) is 3.43. The molecule has 1 saturated heterocycles. The number of hydrogen-bond donors (Lipinski definition) is 2. The average molecular weight is 282 g/mol. The van der Waals surface area contributed by atoms with Gasteiger partial charge in [0.05, 0.1) is 10.1 Å². The van der Waals surface area contributed by atoms with Crippen molar-refractivity contribution in [2.45, 2.75) is 24.0 Å². The minimum Gasteiger partial charge on any atom is -0.325 e. The van der Waals surface area contributed by atoms with Gasteiger partial charge in [-0.3, -0.25) is 4.79 Å². The molecule has 5 heteroatoms. The molecule has 1 aromatic rings. The van der Waals surface area contributed by atoms with Crippen LogP contribution in [-0.4, -0.2) is 23.0 Å². The third-order valence-electron chi connectivity index (χ3n) is 2.62. The molecule has 0 bridgehead atoms. The molecule has 1 aromatic carbocycles. The maximum absolute atomic E-state index is 11.8. The molecule has 0 aliphatic carbocycles. The Morgan fingerprint density at radius 1 is 1.39 bits per heavy atom. The zero-order chi connectivity index (χ0) is 13.2. The van der Waals surface area contributed by atoms with E-state index in [9.17, 15) is 4.79 Å². The number of nitrogens with two attached hydrogens (primary N) is 1. The highest BCUT2D eigenvalue weighted by atomic mass is 32.2. The summed E-state index contributed by atoms with van der Waals surface area (Å²) in [7, 11) is 0. The predicted molar refractivity (Wildman–Crippen MR) is 81.0 cm³/mol. The molecule has 0 spiro atoms. The number of benzene rings is 1. The summed E-state index contributed by atoms with van der Waals surface area (Å²) in [5, 5.41) is 2.86. The monoisotopic (exact) mass is 282 g/mol. The van der Waals surface area contributed by atoms with Crippen LogP contribution < -0.4 is 11.1 Å². The SMILES string of the molecule is CC(C)(N)C(=O)Nc1cccc(C2SCCS2)c1. The Bertz CT molecular complexity index is 437. The maximum atomic E-state index is 11.8. The summed E-state index contributed by atoms with van der Waals surface area (Å²) in [6.07, 6.45) is 0. The van der Waals surface area contributed by atoms with E-state index in [0.29, 0.717) is 4.58 Å². The van der Waals surface area contributed by atoms with Gasteiger partial charge in [0.2, 0.25) is 5.91 Å². The molecule has 1 aliphatic rings. The molecular formula is C13H18N2OS2. The zero-order valence-corrected chi connectivity index (χ0v) is 12.2. The number of carbonyl (C=O) groups excluding carboxylic acids is 1. The number of hydrogen-bond acceptors (Lipinski definition) is 4. The van der Waals surface area contributed by atoms with Crippen LogP contribution in [0.3, 0.4) is 0 Å². The summed E-state index contributed by atoms with van der Waals surface area (Å²) in [4.78, 5) is 11.8. The van der Waals surface area contributed by atoms with Crippen molar-refractivity contribution >= 4 is 35.1 Å². The van der Waals surface area contributed by atoms with E-state index in [-0.39, 0.29) is 5.91 Å². The van der Waals surface area contributed by atoms with E-state index in [1.54, 1.807) is 13.8 Å². The van der Waals surface area contributed by atoms with Gasteiger partial charge in [-0.2, -0.15) is 0 Å². The minimum absolute atomic E-state index is 0.161. The van der Waals surface area contributed by atoms with Crippen molar-refractivity contribution in [3.8, 4) is 0 Å². The summed E-state index contributed by atoms with van der Waals surface area (Å²) >= 11 is 3.91. The Balaban J connectivity index is 2.10. The van der Waals surface area contributed by atoms with E-state index in [4.69, 9.17) is 5.73 Å². The van der Waals surface area contributed by atoms with Crippen molar-refractivity contribution in [1.82, 2.24) is 0 Å². The quantitative estimate of drug-likeness (QED) is 0.895. The van der Waals surface area contributed by atoms with Gasteiger partial charge in [-0.15, -0.1) is 23.5 Å². The van der Waals surface area contributed by atoms with E-state index in [0.717, 1.165) is 5.69 Å². The Hall–Kier alpha value is -0.650. The molecule has 0 unspecified atom stereocenters. The van der Waals surface area contributed by atoms with Crippen molar-refractivity contribution in [1.29, 1.82) is 0 Å². The second-order valence-corrected chi connectivity index (χ2v) is 7.60. The van der Waals surface area contributed by atoms with Crippen LogP contribution in [0.2, 0.25) is 0 Å². The van der Waals surface area contributed by atoms with E-state index >= 15 is 0 Å². The first-order valence-electron chi connectivity index (χ1n) is 5.90. The van der Waals surface area contributed by atoms with Gasteiger partial charge in [0.25, 0.3) is 0 Å². The fourth-order valence-corrected chi connectivity index (χ4v) is 4.44. The first kappa shape index (κ1) is 13.8. The van der Waals surface area contributed by atoms with E-state index in [1.807, 2.05) is 41.7 Å². The van der Waals surface area contributed by atoms with E-state index in [2.05, 4.69) is 11.4 Å². The number of amides is 1. The Morgan fingerprint density at radius 3 is 2.67 bits per heavy atom. The Kier molecular flexibility index (Phi) is 4.25. The Morgan fingerprint density at radius 2 is 2.06 bits per heavy atom. The second kappa shape index (κ2) is 5.55. The third-order valence-corrected chi connectivity index (χ3v) is 5.73. The van der Waals surface area contributed by atoms with Gasteiger partial charge in [-0.1, -0.05) is 12.1 Å². The van der Waals surface area contributed by atoms with Crippen LogP contribution in [-0.2, 0) is 4.79 Å². The van der Waals surface area contributed by atoms with Gasteiger partial charge >= 0.3 is 0 Å². The van der Waals surface area contributed by atoms with Gasteiger partial charge in [0.15, 0.2) is 0 Å². The lowest BCUT2D eigenvalue weighted by atomic mass is 10.1. The van der Waals surface area contributed by atoms with Gasteiger partial charge in [0.1, 0.15) is 0 Å². The lowest BCUT2D eigenvalue weighted by molar-refractivity contribution is -0.120. The van der Waals surface area contributed by atoms with Crippen molar-refractivity contribution in [3.05, 3.63) is 29.8 Å². The van der Waals surface area contributed by atoms with E-state index in [1.165, 1.54) is 17.1 Å². The summed E-state index contributed by atoms with van der Waals surface area (Å²) in [6.45, 7) is 3.41. The summed E-state index contributed by atoms with van der Waals surface area (Å²) in [5.74, 6) is 2.23. The van der Waals surface area contributed by atoms with Crippen molar-refractivity contribution in [2.75, 3.05) is 16.8 Å². The van der Waals surface area contributed by atoms with Crippen LogP contribution in [0.4, 0.5) is 5.69 Å². The molecule has 2 rings (SSSR count). The molecule has 3 nitrogen and oxygen atoms in total. The molecule has 0 radical (unpaired) electrons. The zero-order valence-electron chi connectivity index (χ0n) is 10.6. The lowest BCUT2D eigenvalue weighted by Crippen LogP contribution is -2.45. The molecule has 98 valence electrons. The van der Waals surface area contributed by atoms with Crippen LogP contribution in [0.15, 0.2) is 24.3 Å². The van der Waals surface area contributed by atoms with Crippen LogP contribution in [0.1, 0.15) is 24.0 Å². The summed E-state index contributed by atoms with van der Waals surface area (Å²) in [6, 6.07) is 8.03. The molecule has 3 N–H and O–H groups in total. The molecule has 18 heavy (non-hydrogen) atoms. The van der Waals surface area contributed by atoms with Gasteiger partial charge in [-0.05, 0) is 31.5 Å². The van der Waals surface area contributed by atoms with Gasteiger partial charge in [0, 0.05) is 17.2 Å². The molecule has 0 saturated carbocycles. The number of rotatable bonds is 3. The lowest BCUT2D eigenvalue weighted by Gasteiger charge is -2.18. The van der Waals surface area contributed by atoms with Crippen molar-refractivity contribution in [2.24, 2.45) is 5.73 Å². The molecule has 1 fully saturated rings. The highest BCUT2D eigenvalue weighted by molar-refractivity contribution is 8.19. The number of anilines is 1. The molecule has 0 atom stereocenters. The second-order valence-electron chi connectivity index (χ2n) is 4.87. The van der Waals surface area contributed by atoms with Crippen LogP contribution in [0.25, 0.3) is 0 Å². The van der Waals surface area contributed by atoms with Crippen LogP contribution in [0, 0.1) is 0 Å². The topological polar surface area (TPSA) is 55.1 Å².